The molecule has 0 aliphatic carbocycles. The van der Waals surface area contributed by atoms with E-state index in [0.717, 1.165) is 15.9 Å². The van der Waals surface area contributed by atoms with Gasteiger partial charge < -0.3 is 4.90 Å². The maximum atomic E-state index is 11.5. The zero-order chi connectivity index (χ0) is 16.5. The molecule has 0 aliphatic heterocycles. The molecule has 6 heteroatoms. The Hall–Kier alpha value is -1.27. The van der Waals surface area contributed by atoms with Gasteiger partial charge in [-0.3, -0.25) is 4.21 Å². The normalized spacial score (nSPS) is 14.6. The van der Waals surface area contributed by atoms with Crippen LogP contribution in [0.3, 0.4) is 0 Å². The van der Waals surface area contributed by atoms with E-state index < -0.39 is 10.8 Å². The van der Waals surface area contributed by atoms with Gasteiger partial charge in [-0.15, -0.1) is 0 Å². The van der Waals surface area contributed by atoms with Crippen molar-refractivity contribution in [3.8, 4) is 0 Å². The van der Waals surface area contributed by atoms with E-state index in [-0.39, 0.29) is 11.5 Å². The average molecular weight is 338 g/mol. The predicted octanol–water partition coefficient (Wildman–Crippen LogP) is 3.77. The average Bonchev–Trinajstić information content (AvgIpc) is 2.95. The molecule has 1 aromatic heterocycles. The summed E-state index contributed by atoms with van der Waals surface area (Å²) in [6.45, 7) is 8.49. The number of anilines is 1. The molecule has 1 aromatic carbocycles. The highest BCUT2D eigenvalue weighted by molar-refractivity contribution is 7.84. The Morgan fingerprint density at radius 2 is 1.82 bits per heavy atom. The van der Waals surface area contributed by atoms with Gasteiger partial charge in [0.2, 0.25) is 5.13 Å². The molecule has 0 saturated heterocycles. The molecule has 2 rings (SSSR count). The lowest BCUT2D eigenvalue weighted by Gasteiger charge is -2.24. The van der Waals surface area contributed by atoms with Crippen molar-refractivity contribution in [1.82, 2.24) is 9.36 Å². The zero-order valence-electron chi connectivity index (χ0n) is 14.0. The highest BCUT2D eigenvalue weighted by Crippen LogP contribution is 2.30. The van der Waals surface area contributed by atoms with Gasteiger partial charge in [0.05, 0.1) is 6.04 Å². The summed E-state index contributed by atoms with van der Waals surface area (Å²) in [7, 11) is 1.09. The van der Waals surface area contributed by atoms with E-state index in [1.54, 1.807) is 6.26 Å². The van der Waals surface area contributed by atoms with Gasteiger partial charge in [-0.05, 0) is 24.6 Å². The van der Waals surface area contributed by atoms with Gasteiger partial charge in [-0.1, -0.05) is 32.9 Å². The number of nitrogens with zero attached hydrogens (tertiary/aromatic N) is 3. The van der Waals surface area contributed by atoms with Gasteiger partial charge in [0.15, 0.2) is 0 Å². The van der Waals surface area contributed by atoms with Crippen molar-refractivity contribution in [3.63, 3.8) is 0 Å². The summed E-state index contributed by atoms with van der Waals surface area (Å²) < 4.78 is 15.9. The Kier molecular flexibility index (Phi) is 5.02. The van der Waals surface area contributed by atoms with E-state index in [1.807, 2.05) is 31.3 Å². The van der Waals surface area contributed by atoms with E-state index in [0.29, 0.717) is 0 Å². The topological polar surface area (TPSA) is 46.1 Å². The van der Waals surface area contributed by atoms with Crippen molar-refractivity contribution in [3.05, 3.63) is 35.7 Å². The fourth-order valence-electron chi connectivity index (χ4n) is 1.99. The third kappa shape index (κ3) is 3.73. The van der Waals surface area contributed by atoms with Crippen LogP contribution in [0.25, 0.3) is 0 Å². The first-order valence-electron chi connectivity index (χ1n) is 7.20. The van der Waals surface area contributed by atoms with Crippen molar-refractivity contribution in [2.75, 3.05) is 18.2 Å². The van der Waals surface area contributed by atoms with Crippen LogP contribution in [-0.2, 0) is 16.2 Å². The summed E-state index contributed by atoms with van der Waals surface area (Å²) >= 11 is 1.43. The lowest BCUT2D eigenvalue weighted by Crippen LogP contribution is -2.22. The van der Waals surface area contributed by atoms with Crippen molar-refractivity contribution < 1.29 is 4.21 Å². The lowest BCUT2D eigenvalue weighted by atomic mass is 9.96. The summed E-state index contributed by atoms with van der Waals surface area (Å²) in [5.41, 5.74) is 1.13. The van der Waals surface area contributed by atoms with E-state index in [1.165, 1.54) is 17.1 Å². The molecule has 120 valence electrons. The number of benzene rings is 1. The molecule has 0 aliphatic rings. The van der Waals surface area contributed by atoms with E-state index in [2.05, 4.69) is 42.0 Å². The highest BCUT2D eigenvalue weighted by Gasteiger charge is 2.22. The molecular weight excluding hydrogens is 314 g/mol. The quantitative estimate of drug-likeness (QED) is 0.852. The van der Waals surface area contributed by atoms with Crippen LogP contribution in [0.2, 0.25) is 0 Å². The van der Waals surface area contributed by atoms with Crippen LogP contribution in [0.4, 0.5) is 5.13 Å². The molecule has 22 heavy (non-hydrogen) atoms. The Morgan fingerprint density at radius 3 is 2.27 bits per heavy atom. The fourth-order valence-corrected chi connectivity index (χ4v) is 3.41. The standard InChI is InChI=1S/C16H23N3OS2/c1-11(12-7-9-13(10-8-12)22(6)20)19(5)15-17-14(18-21-15)16(2,3)4/h7-11H,1-6H3. The molecule has 2 aromatic rings. The van der Waals surface area contributed by atoms with Crippen molar-refractivity contribution in [2.45, 2.75) is 44.0 Å². The minimum absolute atomic E-state index is 0.0360. The number of hydrogen-bond acceptors (Lipinski definition) is 5. The summed E-state index contributed by atoms with van der Waals surface area (Å²) in [4.78, 5) is 7.64. The largest absolute Gasteiger partial charge is 0.343 e. The maximum absolute atomic E-state index is 11.5. The molecule has 0 amide bonds. The lowest BCUT2D eigenvalue weighted by molar-refractivity contribution is 0.553. The van der Waals surface area contributed by atoms with Crippen LogP contribution in [-0.4, -0.2) is 26.9 Å². The van der Waals surface area contributed by atoms with Crippen LogP contribution < -0.4 is 4.90 Å². The molecule has 0 N–H and O–H groups in total. The summed E-state index contributed by atoms with van der Waals surface area (Å²) in [6.07, 6.45) is 1.69. The Bertz CT molecular complexity index is 659. The van der Waals surface area contributed by atoms with Gasteiger partial charge in [0.1, 0.15) is 5.82 Å². The first kappa shape index (κ1) is 17.1. The van der Waals surface area contributed by atoms with Gasteiger partial charge >= 0.3 is 0 Å². The summed E-state index contributed by atoms with van der Waals surface area (Å²) in [5.74, 6) is 0.878. The molecule has 0 bridgehead atoms. The summed E-state index contributed by atoms with van der Waals surface area (Å²) in [5, 5.41) is 0.917. The first-order chi connectivity index (χ1) is 10.2. The maximum Gasteiger partial charge on any atom is 0.205 e. The molecule has 2 unspecified atom stereocenters. The second kappa shape index (κ2) is 6.46. The monoisotopic (exact) mass is 337 g/mol. The second-order valence-corrected chi connectivity index (χ2v) is 8.57. The molecule has 0 spiro atoms. The number of rotatable bonds is 4. The Balaban J connectivity index is 2.19. The van der Waals surface area contributed by atoms with Crippen molar-refractivity contribution in [2.24, 2.45) is 0 Å². The van der Waals surface area contributed by atoms with Crippen LogP contribution in [0, 0.1) is 0 Å². The smallest absolute Gasteiger partial charge is 0.205 e. The Labute approximate surface area is 139 Å². The van der Waals surface area contributed by atoms with Gasteiger partial charge in [-0.2, -0.15) is 4.37 Å². The Morgan fingerprint density at radius 1 is 1.23 bits per heavy atom. The van der Waals surface area contributed by atoms with Crippen LogP contribution >= 0.6 is 11.5 Å². The molecule has 4 nitrogen and oxygen atoms in total. The minimum Gasteiger partial charge on any atom is -0.343 e. The van der Waals surface area contributed by atoms with Crippen LogP contribution in [0.15, 0.2) is 29.2 Å². The van der Waals surface area contributed by atoms with Gasteiger partial charge in [0.25, 0.3) is 0 Å². The zero-order valence-corrected chi connectivity index (χ0v) is 15.6. The molecule has 2 atom stereocenters. The van der Waals surface area contributed by atoms with Crippen molar-refractivity contribution in [1.29, 1.82) is 0 Å². The van der Waals surface area contributed by atoms with E-state index >= 15 is 0 Å². The van der Waals surface area contributed by atoms with Crippen LogP contribution in [0.1, 0.15) is 45.1 Å². The number of hydrogen-bond donors (Lipinski definition) is 0. The second-order valence-electron chi connectivity index (χ2n) is 6.46. The molecule has 0 fully saturated rings. The van der Waals surface area contributed by atoms with Crippen LogP contribution in [0.5, 0.6) is 0 Å². The van der Waals surface area contributed by atoms with Crippen molar-refractivity contribution >= 4 is 27.5 Å². The van der Waals surface area contributed by atoms with E-state index in [4.69, 9.17) is 0 Å². The SMILES string of the molecule is CC(c1ccc(S(C)=O)cc1)N(C)c1nc(C(C)(C)C)ns1. The van der Waals surface area contributed by atoms with Gasteiger partial charge in [0, 0.05) is 45.9 Å². The third-order valence-corrected chi connectivity index (χ3v) is 5.41. The van der Waals surface area contributed by atoms with E-state index in [9.17, 15) is 4.21 Å². The third-order valence-electron chi connectivity index (χ3n) is 3.66. The fraction of sp³-hybridized carbons (Fsp3) is 0.500. The number of aromatic nitrogens is 2. The summed E-state index contributed by atoms with van der Waals surface area (Å²) in [6, 6.07) is 8.10. The minimum atomic E-state index is -0.938. The molecule has 1 heterocycles. The van der Waals surface area contributed by atoms with Gasteiger partial charge in [-0.25, -0.2) is 4.98 Å². The molecule has 0 saturated carbocycles. The molecular formula is C16H23N3OS2. The predicted molar refractivity (Wildman–Crippen MR) is 94.2 cm³/mol. The molecule has 0 radical (unpaired) electrons. The first-order valence-corrected chi connectivity index (χ1v) is 9.53. The highest BCUT2D eigenvalue weighted by atomic mass is 32.2.